The Morgan fingerprint density at radius 3 is 2.44 bits per heavy atom. The Morgan fingerprint density at radius 1 is 1.38 bits per heavy atom. The van der Waals surface area contributed by atoms with E-state index < -0.39 is 11.9 Å². The molecule has 1 amide bonds. The summed E-state index contributed by atoms with van der Waals surface area (Å²) in [5.74, 6) is -1.08. The van der Waals surface area contributed by atoms with Crippen LogP contribution in [0.3, 0.4) is 0 Å². The molecule has 0 radical (unpaired) electrons. The van der Waals surface area contributed by atoms with Crippen molar-refractivity contribution in [2.24, 2.45) is 11.8 Å². The highest BCUT2D eigenvalue weighted by Gasteiger charge is 2.45. The fourth-order valence-electron chi connectivity index (χ4n) is 3.03. The molecule has 4 heteroatoms. The van der Waals surface area contributed by atoms with Crippen molar-refractivity contribution in [1.29, 1.82) is 0 Å². The lowest BCUT2D eigenvalue weighted by Gasteiger charge is -2.47. The predicted molar refractivity (Wildman–Crippen MR) is 58.9 cm³/mol. The van der Waals surface area contributed by atoms with Crippen LogP contribution >= 0.6 is 0 Å². The first kappa shape index (κ1) is 11.4. The van der Waals surface area contributed by atoms with Crippen LogP contribution in [0, 0.1) is 11.8 Å². The first-order valence-corrected chi connectivity index (χ1v) is 6.06. The maximum Gasteiger partial charge on any atom is 0.308 e. The fraction of sp³-hybridized carbons (Fsp3) is 0.833. The summed E-state index contributed by atoms with van der Waals surface area (Å²) >= 11 is 0. The maximum absolute atomic E-state index is 12.0. The lowest BCUT2D eigenvalue weighted by molar-refractivity contribution is -0.158. The van der Waals surface area contributed by atoms with Crippen molar-refractivity contribution in [1.82, 2.24) is 4.90 Å². The number of amides is 1. The highest BCUT2D eigenvalue weighted by molar-refractivity contribution is 5.82. The fourth-order valence-corrected chi connectivity index (χ4v) is 3.03. The first-order chi connectivity index (χ1) is 7.52. The molecule has 3 atom stereocenters. The van der Waals surface area contributed by atoms with Crippen LogP contribution in [0.25, 0.3) is 0 Å². The van der Waals surface area contributed by atoms with Crippen molar-refractivity contribution in [3.8, 4) is 0 Å². The van der Waals surface area contributed by atoms with Gasteiger partial charge in [0.25, 0.3) is 0 Å². The molecule has 0 aromatic rings. The molecule has 90 valence electrons. The smallest absolute Gasteiger partial charge is 0.308 e. The molecule has 1 aliphatic carbocycles. The van der Waals surface area contributed by atoms with E-state index in [-0.39, 0.29) is 17.9 Å². The van der Waals surface area contributed by atoms with Gasteiger partial charge in [-0.15, -0.1) is 0 Å². The molecular formula is C12H19NO3. The third-order valence-electron chi connectivity index (χ3n) is 4.11. The molecule has 1 saturated heterocycles. The van der Waals surface area contributed by atoms with E-state index in [0.717, 1.165) is 19.3 Å². The second-order valence-corrected chi connectivity index (χ2v) is 5.17. The second kappa shape index (κ2) is 4.07. The van der Waals surface area contributed by atoms with Gasteiger partial charge in [0.1, 0.15) is 0 Å². The molecular weight excluding hydrogens is 206 g/mol. The minimum Gasteiger partial charge on any atom is -0.481 e. The molecule has 1 heterocycles. The molecule has 1 N–H and O–H groups in total. The lowest BCUT2D eigenvalue weighted by Crippen LogP contribution is -2.58. The molecule has 0 spiro atoms. The summed E-state index contributed by atoms with van der Waals surface area (Å²) in [7, 11) is 0. The number of aliphatic carboxylic acids is 1. The second-order valence-electron chi connectivity index (χ2n) is 5.17. The van der Waals surface area contributed by atoms with Crippen LogP contribution in [-0.4, -0.2) is 34.0 Å². The minimum absolute atomic E-state index is 0.0451. The number of rotatable bonds is 2. The van der Waals surface area contributed by atoms with Gasteiger partial charge in [-0.2, -0.15) is 0 Å². The summed E-state index contributed by atoms with van der Waals surface area (Å²) in [6.07, 6.45) is 3.62. The highest BCUT2D eigenvalue weighted by Crippen LogP contribution is 2.36. The van der Waals surface area contributed by atoms with Crippen LogP contribution in [0.4, 0.5) is 0 Å². The van der Waals surface area contributed by atoms with E-state index in [1.807, 2.05) is 18.7 Å². The Balaban J connectivity index is 2.18. The Kier molecular flexibility index (Phi) is 2.91. The molecule has 0 aromatic carbocycles. The molecule has 1 aliphatic heterocycles. The molecule has 16 heavy (non-hydrogen) atoms. The van der Waals surface area contributed by atoms with Crippen LogP contribution in [-0.2, 0) is 9.59 Å². The van der Waals surface area contributed by atoms with E-state index in [1.165, 1.54) is 0 Å². The number of carboxylic acid groups (broad SMARTS) is 1. The summed E-state index contributed by atoms with van der Waals surface area (Å²) < 4.78 is 0. The summed E-state index contributed by atoms with van der Waals surface area (Å²) in [5.41, 5.74) is 0. The number of likely N-dealkylation sites (tertiary alicyclic amines) is 1. The van der Waals surface area contributed by atoms with Crippen molar-refractivity contribution >= 4 is 11.9 Å². The van der Waals surface area contributed by atoms with Gasteiger partial charge in [-0.3, -0.25) is 9.59 Å². The first-order valence-electron chi connectivity index (χ1n) is 6.06. The molecule has 4 nitrogen and oxygen atoms in total. The summed E-state index contributed by atoms with van der Waals surface area (Å²) in [4.78, 5) is 25.0. The zero-order valence-corrected chi connectivity index (χ0v) is 9.85. The SMILES string of the molecule is CC1CC(=O)N(C2CCC2)C(C)C1C(=O)O. The normalized spacial score (nSPS) is 36.0. The Morgan fingerprint density at radius 2 is 2.00 bits per heavy atom. The van der Waals surface area contributed by atoms with Crippen molar-refractivity contribution in [3.63, 3.8) is 0 Å². The average molecular weight is 225 g/mol. The van der Waals surface area contributed by atoms with E-state index in [9.17, 15) is 14.7 Å². The van der Waals surface area contributed by atoms with Gasteiger partial charge in [0.15, 0.2) is 0 Å². The lowest BCUT2D eigenvalue weighted by atomic mass is 9.78. The summed E-state index contributed by atoms with van der Waals surface area (Å²) in [5, 5.41) is 9.22. The van der Waals surface area contributed by atoms with Crippen LogP contribution in [0.2, 0.25) is 0 Å². The third kappa shape index (κ3) is 1.70. The van der Waals surface area contributed by atoms with Gasteiger partial charge >= 0.3 is 5.97 Å². The van der Waals surface area contributed by atoms with Gasteiger partial charge < -0.3 is 10.0 Å². The van der Waals surface area contributed by atoms with Crippen LogP contribution < -0.4 is 0 Å². The van der Waals surface area contributed by atoms with Gasteiger partial charge in [-0.1, -0.05) is 6.92 Å². The number of carbonyl (C=O) groups is 2. The van der Waals surface area contributed by atoms with E-state index in [2.05, 4.69) is 0 Å². The Bertz CT molecular complexity index is 311. The van der Waals surface area contributed by atoms with Crippen LogP contribution in [0.15, 0.2) is 0 Å². The minimum atomic E-state index is -0.767. The Hall–Kier alpha value is -1.06. The van der Waals surface area contributed by atoms with Gasteiger partial charge in [-0.05, 0) is 32.1 Å². The van der Waals surface area contributed by atoms with Crippen LogP contribution in [0.5, 0.6) is 0 Å². The molecule has 2 fully saturated rings. The van der Waals surface area contributed by atoms with E-state index in [0.29, 0.717) is 12.5 Å². The molecule has 3 unspecified atom stereocenters. The summed E-state index contributed by atoms with van der Waals surface area (Å²) in [6.45, 7) is 3.75. The number of carbonyl (C=O) groups excluding carboxylic acids is 1. The van der Waals surface area contributed by atoms with Crippen molar-refractivity contribution in [2.45, 2.75) is 51.6 Å². The standard InChI is InChI=1S/C12H19NO3/c1-7-6-10(14)13(9-4-3-5-9)8(2)11(7)12(15)16/h7-9,11H,3-6H2,1-2H3,(H,15,16). The number of piperidine rings is 1. The van der Waals surface area contributed by atoms with E-state index in [4.69, 9.17) is 0 Å². The monoisotopic (exact) mass is 225 g/mol. The number of carboxylic acids is 1. The number of hydrogen-bond acceptors (Lipinski definition) is 2. The topological polar surface area (TPSA) is 57.6 Å². The molecule has 0 bridgehead atoms. The largest absolute Gasteiger partial charge is 0.481 e. The predicted octanol–water partition coefficient (Wildman–Crippen LogP) is 1.50. The summed E-state index contributed by atoms with van der Waals surface area (Å²) in [6, 6.07) is 0.149. The molecule has 2 aliphatic rings. The highest BCUT2D eigenvalue weighted by atomic mass is 16.4. The number of hydrogen-bond donors (Lipinski definition) is 1. The maximum atomic E-state index is 12.0. The average Bonchev–Trinajstić information content (AvgIpc) is 2.07. The van der Waals surface area contributed by atoms with Gasteiger partial charge in [0.2, 0.25) is 5.91 Å². The molecule has 2 rings (SSSR count). The van der Waals surface area contributed by atoms with Gasteiger partial charge in [0.05, 0.1) is 5.92 Å². The van der Waals surface area contributed by atoms with Crippen molar-refractivity contribution < 1.29 is 14.7 Å². The van der Waals surface area contributed by atoms with Gasteiger partial charge in [0, 0.05) is 18.5 Å². The number of nitrogens with zero attached hydrogens (tertiary/aromatic N) is 1. The van der Waals surface area contributed by atoms with E-state index in [1.54, 1.807) is 0 Å². The zero-order valence-electron chi connectivity index (χ0n) is 9.85. The molecule has 1 saturated carbocycles. The van der Waals surface area contributed by atoms with Gasteiger partial charge in [-0.25, -0.2) is 0 Å². The third-order valence-corrected chi connectivity index (χ3v) is 4.11. The zero-order chi connectivity index (χ0) is 11.9. The molecule has 0 aromatic heterocycles. The Labute approximate surface area is 95.6 Å². The van der Waals surface area contributed by atoms with Crippen molar-refractivity contribution in [3.05, 3.63) is 0 Å². The van der Waals surface area contributed by atoms with Crippen molar-refractivity contribution in [2.75, 3.05) is 0 Å². The van der Waals surface area contributed by atoms with E-state index >= 15 is 0 Å². The quantitative estimate of drug-likeness (QED) is 0.774. The van der Waals surface area contributed by atoms with Crippen LogP contribution in [0.1, 0.15) is 39.5 Å².